The van der Waals surface area contributed by atoms with E-state index in [2.05, 4.69) is 26.1 Å². The first kappa shape index (κ1) is 14.8. The van der Waals surface area contributed by atoms with Gasteiger partial charge in [0.1, 0.15) is 0 Å². The summed E-state index contributed by atoms with van der Waals surface area (Å²) in [5, 5.41) is 12.3. The lowest BCUT2D eigenvalue weighted by atomic mass is 10.1. The van der Waals surface area contributed by atoms with E-state index < -0.39 is 5.97 Å². The maximum Gasteiger partial charge on any atom is 0.335 e. The van der Waals surface area contributed by atoms with Crippen LogP contribution in [0.25, 0.3) is 0 Å². The minimum atomic E-state index is -0.919. The molecule has 2 fully saturated rings. The van der Waals surface area contributed by atoms with Gasteiger partial charge in [0.15, 0.2) is 0 Å². The van der Waals surface area contributed by atoms with Crippen molar-refractivity contribution >= 4 is 27.6 Å². The number of morpholine rings is 1. The van der Waals surface area contributed by atoms with Crippen molar-refractivity contribution < 1.29 is 14.6 Å². The number of hydrogen-bond donors (Lipinski definition) is 2. The highest BCUT2D eigenvalue weighted by molar-refractivity contribution is 9.10. The molecule has 5 nitrogen and oxygen atoms in total. The second-order valence-corrected chi connectivity index (χ2v) is 6.48. The van der Waals surface area contributed by atoms with Crippen LogP contribution in [0.5, 0.6) is 0 Å². The van der Waals surface area contributed by atoms with Crippen LogP contribution in [0.15, 0.2) is 22.7 Å². The molecule has 0 amide bonds. The number of benzene rings is 1. The average molecular weight is 355 g/mol. The predicted molar refractivity (Wildman–Crippen MR) is 83.9 cm³/mol. The van der Waals surface area contributed by atoms with Crippen molar-refractivity contribution in [1.29, 1.82) is 0 Å². The van der Waals surface area contributed by atoms with E-state index in [9.17, 15) is 4.79 Å². The van der Waals surface area contributed by atoms with Gasteiger partial charge in [0.25, 0.3) is 0 Å². The van der Waals surface area contributed by atoms with Crippen LogP contribution in [0.3, 0.4) is 0 Å². The highest BCUT2D eigenvalue weighted by Crippen LogP contribution is 2.25. The maximum absolute atomic E-state index is 10.9. The minimum absolute atomic E-state index is 0.186. The van der Waals surface area contributed by atoms with Gasteiger partial charge in [-0.1, -0.05) is 0 Å². The minimum Gasteiger partial charge on any atom is -0.478 e. The van der Waals surface area contributed by atoms with E-state index in [0.29, 0.717) is 6.04 Å². The van der Waals surface area contributed by atoms with E-state index in [-0.39, 0.29) is 11.7 Å². The number of nitrogens with zero attached hydrogens (tertiary/aromatic N) is 1. The Morgan fingerprint density at radius 2 is 2.38 bits per heavy atom. The van der Waals surface area contributed by atoms with Crippen molar-refractivity contribution in [3.8, 4) is 0 Å². The molecule has 1 aromatic carbocycles. The SMILES string of the molecule is O=C(O)c1ccc(NCC2CN3CCCC3CO2)c(Br)c1. The summed E-state index contributed by atoms with van der Waals surface area (Å²) in [7, 11) is 0. The quantitative estimate of drug-likeness (QED) is 0.869. The summed E-state index contributed by atoms with van der Waals surface area (Å²) in [5.74, 6) is -0.919. The lowest BCUT2D eigenvalue weighted by molar-refractivity contribution is -0.0415. The first-order chi connectivity index (χ1) is 10.1. The normalized spacial score (nSPS) is 25.6. The number of ether oxygens (including phenoxy) is 1. The smallest absolute Gasteiger partial charge is 0.335 e. The van der Waals surface area contributed by atoms with Crippen LogP contribution in [0.1, 0.15) is 23.2 Å². The summed E-state index contributed by atoms with van der Waals surface area (Å²) in [6.45, 7) is 3.71. The molecular formula is C15H19BrN2O3. The van der Waals surface area contributed by atoms with Crippen molar-refractivity contribution in [2.75, 3.05) is 31.6 Å². The van der Waals surface area contributed by atoms with Crippen molar-refractivity contribution in [1.82, 2.24) is 4.90 Å². The molecule has 114 valence electrons. The number of rotatable bonds is 4. The Morgan fingerprint density at radius 3 is 3.14 bits per heavy atom. The monoisotopic (exact) mass is 354 g/mol. The molecule has 0 spiro atoms. The van der Waals surface area contributed by atoms with Gasteiger partial charge < -0.3 is 15.2 Å². The molecule has 0 saturated carbocycles. The molecule has 0 aromatic heterocycles. The van der Waals surface area contributed by atoms with E-state index in [4.69, 9.17) is 9.84 Å². The van der Waals surface area contributed by atoms with Gasteiger partial charge in [-0.15, -0.1) is 0 Å². The van der Waals surface area contributed by atoms with Crippen molar-refractivity contribution in [2.45, 2.75) is 25.0 Å². The molecule has 21 heavy (non-hydrogen) atoms. The van der Waals surface area contributed by atoms with Gasteiger partial charge >= 0.3 is 5.97 Å². The summed E-state index contributed by atoms with van der Waals surface area (Å²) in [5.41, 5.74) is 1.17. The fraction of sp³-hybridized carbons (Fsp3) is 0.533. The zero-order chi connectivity index (χ0) is 14.8. The molecule has 2 aliphatic rings. The average Bonchev–Trinajstić information content (AvgIpc) is 2.93. The van der Waals surface area contributed by atoms with Gasteiger partial charge in [-0.25, -0.2) is 4.79 Å². The number of carboxylic acids is 1. The first-order valence-electron chi connectivity index (χ1n) is 7.26. The van der Waals surface area contributed by atoms with Gasteiger partial charge in [0.05, 0.1) is 18.3 Å². The number of aromatic carboxylic acids is 1. The molecule has 2 N–H and O–H groups in total. The maximum atomic E-state index is 10.9. The fourth-order valence-corrected chi connectivity index (χ4v) is 3.54. The zero-order valence-corrected chi connectivity index (χ0v) is 13.3. The van der Waals surface area contributed by atoms with Crippen LogP contribution in [0.2, 0.25) is 0 Å². The molecule has 0 radical (unpaired) electrons. The predicted octanol–water partition coefficient (Wildman–Crippen LogP) is 2.42. The van der Waals surface area contributed by atoms with E-state index in [1.54, 1.807) is 18.2 Å². The van der Waals surface area contributed by atoms with Gasteiger partial charge in [0.2, 0.25) is 0 Å². The van der Waals surface area contributed by atoms with Crippen LogP contribution < -0.4 is 5.32 Å². The molecule has 3 rings (SSSR count). The highest BCUT2D eigenvalue weighted by Gasteiger charge is 2.31. The molecular weight excluding hydrogens is 336 g/mol. The standard InChI is InChI=1S/C15H19BrN2O3/c16-13-6-10(15(19)20)3-4-14(13)17-7-12-8-18-5-1-2-11(18)9-21-12/h3-4,6,11-12,17H,1-2,5,7-9H2,(H,19,20). The Hall–Kier alpha value is -1.11. The van der Waals surface area contributed by atoms with Crippen molar-refractivity contribution in [2.24, 2.45) is 0 Å². The van der Waals surface area contributed by atoms with Crippen molar-refractivity contribution in [3.05, 3.63) is 28.2 Å². The Labute approximate surface area is 132 Å². The fourth-order valence-electron chi connectivity index (χ4n) is 3.02. The molecule has 6 heteroatoms. The van der Waals surface area contributed by atoms with Crippen LogP contribution in [0.4, 0.5) is 5.69 Å². The summed E-state index contributed by atoms with van der Waals surface area (Å²) < 4.78 is 6.66. The van der Waals surface area contributed by atoms with Crippen LogP contribution in [-0.4, -0.2) is 54.4 Å². The van der Waals surface area contributed by atoms with Gasteiger partial charge in [-0.3, -0.25) is 4.90 Å². The van der Waals surface area contributed by atoms with E-state index in [1.807, 2.05) is 0 Å². The molecule has 2 saturated heterocycles. The zero-order valence-electron chi connectivity index (χ0n) is 11.7. The summed E-state index contributed by atoms with van der Waals surface area (Å²) in [6.07, 6.45) is 2.71. The van der Waals surface area contributed by atoms with E-state index in [1.165, 1.54) is 19.4 Å². The number of fused-ring (bicyclic) bond motifs is 1. The largest absolute Gasteiger partial charge is 0.478 e. The third-order valence-corrected chi connectivity index (χ3v) is 4.85. The van der Waals surface area contributed by atoms with Crippen LogP contribution in [0, 0.1) is 0 Å². The first-order valence-corrected chi connectivity index (χ1v) is 8.05. The van der Waals surface area contributed by atoms with E-state index >= 15 is 0 Å². The number of carbonyl (C=O) groups is 1. The Bertz CT molecular complexity index is 538. The number of carboxylic acid groups (broad SMARTS) is 1. The Kier molecular flexibility index (Phi) is 4.47. The number of nitrogens with one attached hydrogen (secondary N) is 1. The molecule has 2 aliphatic heterocycles. The number of anilines is 1. The van der Waals surface area contributed by atoms with Gasteiger partial charge in [-0.05, 0) is 53.5 Å². The Balaban J connectivity index is 1.56. The summed E-state index contributed by atoms with van der Waals surface area (Å²) >= 11 is 3.41. The van der Waals surface area contributed by atoms with Crippen LogP contribution in [-0.2, 0) is 4.74 Å². The third-order valence-electron chi connectivity index (χ3n) is 4.20. The lowest BCUT2D eigenvalue weighted by Gasteiger charge is -2.35. The number of halogens is 1. The molecule has 1 aromatic rings. The molecule has 2 heterocycles. The topological polar surface area (TPSA) is 61.8 Å². The molecule has 0 bridgehead atoms. The molecule has 2 unspecified atom stereocenters. The summed E-state index contributed by atoms with van der Waals surface area (Å²) in [6, 6.07) is 5.62. The summed E-state index contributed by atoms with van der Waals surface area (Å²) in [4.78, 5) is 13.4. The molecule has 0 aliphatic carbocycles. The van der Waals surface area contributed by atoms with Crippen LogP contribution >= 0.6 is 15.9 Å². The van der Waals surface area contributed by atoms with E-state index in [0.717, 1.165) is 29.9 Å². The second kappa shape index (κ2) is 6.34. The molecule has 2 atom stereocenters. The third kappa shape index (κ3) is 3.39. The second-order valence-electron chi connectivity index (χ2n) is 5.63. The Morgan fingerprint density at radius 1 is 1.52 bits per heavy atom. The number of hydrogen-bond acceptors (Lipinski definition) is 4. The highest BCUT2D eigenvalue weighted by atomic mass is 79.9. The van der Waals surface area contributed by atoms with Gasteiger partial charge in [-0.2, -0.15) is 0 Å². The van der Waals surface area contributed by atoms with Gasteiger partial charge in [0, 0.05) is 29.3 Å². The van der Waals surface area contributed by atoms with Crippen molar-refractivity contribution in [3.63, 3.8) is 0 Å². The lowest BCUT2D eigenvalue weighted by Crippen LogP contribution is -2.48.